The molecule has 0 aliphatic heterocycles. The molecule has 0 aliphatic carbocycles. The predicted molar refractivity (Wildman–Crippen MR) is 47.9 cm³/mol. The van der Waals surface area contributed by atoms with Crippen LogP contribution in [0.2, 0.25) is 5.02 Å². The van der Waals surface area contributed by atoms with Gasteiger partial charge in [0, 0.05) is 5.02 Å². The highest BCUT2D eigenvalue weighted by atomic mass is 35.5. The number of isocyanates is 1. The SMILES string of the molecule is CC(N=C=O)c1ccc(F)cc1Cl. The van der Waals surface area contributed by atoms with Crippen LogP contribution in [0.15, 0.2) is 23.2 Å². The van der Waals surface area contributed by atoms with Gasteiger partial charge in [-0.3, -0.25) is 0 Å². The van der Waals surface area contributed by atoms with Crippen molar-refractivity contribution in [3.63, 3.8) is 0 Å². The first kappa shape index (κ1) is 9.90. The first-order valence-electron chi connectivity index (χ1n) is 3.67. The van der Waals surface area contributed by atoms with Gasteiger partial charge in [-0.2, -0.15) is 4.99 Å². The molecule has 1 unspecified atom stereocenters. The Balaban J connectivity index is 3.08. The molecule has 4 heteroatoms. The van der Waals surface area contributed by atoms with E-state index in [1.165, 1.54) is 24.3 Å². The molecule has 0 amide bonds. The smallest absolute Gasteiger partial charge is 0.211 e. The van der Waals surface area contributed by atoms with Crippen LogP contribution in [0.4, 0.5) is 4.39 Å². The summed E-state index contributed by atoms with van der Waals surface area (Å²) in [6, 6.07) is 3.58. The van der Waals surface area contributed by atoms with Gasteiger partial charge >= 0.3 is 0 Å². The second-order valence-electron chi connectivity index (χ2n) is 2.56. The Morgan fingerprint density at radius 2 is 2.31 bits per heavy atom. The number of aliphatic imine (C=N–C) groups is 1. The first-order chi connectivity index (χ1) is 6.15. The maximum Gasteiger partial charge on any atom is 0.235 e. The highest BCUT2D eigenvalue weighted by Crippen LogP contribution is 2.25. The fraction of sp³-hybridized carbons (Fsp3) is 0.222. The molecule has 0 bridgehead atoms. The average Bonchev–Trinajstić information content (AvgIpc) is 2.04. The van der Waals surface area contributed by atoms with Gasteiger partial charge in [-0.15, -0.1) is 0 Å². The summed E-state index contributed by atoms with van der Waals surface area (Å²) in [5, 5.41) is 0.270. The molecule has 2 nitrogen and oxygen atoms in total. The van der Waals surface area contributed by atoms with Crippen molar-refractivity contribution in [2.75, 3.05) is 0 Å². The number of hydrogen-bond donors (Lipinski definition) is 0. The van der Waals surface area contributed by atoms with E-state index in [1.807, 2.05) is 0 Å². The zero-order chi connectivity index (χ0) is 9.84. The molecule has 0 aliphatic rings. The minimum Gasteiger partial charge on any atom is -0.211 e. The topological polar surface area (TPSA) is 29.4 Å². The Bertz CT molecular complexity index is 361. The monoisotopic (exact) mass is 199 g/mol. The summed E-state index contributed by atoms with van der Waals surface area (Å²) >= 11 is 5.73. The number of nitrogens with zero attached hydrogens (tertiary/aromatic N) is 1. The summed E-state index contributed by atoms with van der Waals surface area (Å²) in [7, 11) is 0. The van der Waals surface area contributed by atoms with Crippen molar-refractivity contribution in [2.24, 2.45) is 4.99 Å². The molecule has 13 heavy (non-hydrogen) atoms. The lowest BCUT2D eigenvalue weighted by molar-refractivity contribution is 0.559. The summed E-state index contributed by atoms with van der Waals surface area (Å²) < 4.78 is 12.6. The van der Waals surface area contributed by atoms with Gasteiger partial charge in [0.25, 0.3) is 0 Å². The van der Waals surface area contributed by atoms with E-state index in [0.717, 1.165) is 0 Å². The van der Waals surface area contributed by atoms with E-state index < -0.39 is 5.82 Å². The molecule has 0 aromatic heterocycles. The van der Waals surface area contributed by atoms with Crippen LogP contribution in [0.5, 0.6) is 0 Å². The van der Waals surface area contributed by atoms with E-state index in [0.29, 0.717) is 5.56 Å². The van der Waals surface area contributed by atoms with Crippen LogP contribution in [0, 0.1) is 5.82 Å². The van der Waals surface area contributed by atoms with Gasteiger partial charge in [0.2, 0.25) is 6.08 Å². The maximum absolute atomic E-state index is 12.6. The number of rotatable bonds is 2. The van der Waals surface area contributed by atoms with Crippen molar-refractivity contribution in [3.8, 4) is 0 Å². The zero-order valence-electron chi connectivity index (χ0n) is 6.92. The lowest BCUT2D eigenvalue weighted by Gasteiger charge is -2.06. The molecule has 1 aromatic carbocycles. The van der Waals surface area contributed by atoms with Crippen molar-refractivity contribution in [1.29, 1.82) is 0 Å². The molecular formula is C9H7ClFNO. The molecule has 0 radical (unpaired) electrons. The molecule has 0 spiro atoms. The predicted octanol–water partition coefficient (Wildman–Crippen LogP) is 2.88. The van der Waals surface area contributed by atoms with E-state index in [4.69, 9.17) is 11.6 Å². The van der Waals surface area contributed by atoms with Crippen molar-refractivity contribution in [3.05, 3.63) is 34.6 Å². The van der Waals surface area contributed by atoms with Crippen LogP contribution in [0.1, 0.15) is 18.5 Å². The summed E-state index contributed by atoms with van der Waals surface area (Å²) in [6.45, 7) is 1.68. The Labute approximate surface area is 80.1 Å². The van der Waals surface area contributed by atoms with Crippen LogP contribution >= 0.6 is 11.6 Å². The van der Waals surface area contributed by atoms with Crippen molar-refractivity contribution in [2.45, 2.75) is 13.0 Å². The Hall–Kier alpha value is -1.18. The molecule has 0 heterocycles. The lowest BCUT2D eigenvalue weighted by Crippen LogP contribution is -1.91. The highest BCUT2D eigenvalue weighted by molar-refractivity contribution is 6.31. The molecule has 0 saturated heterocycles. The van der Waals surface area contributed by atoms with Gasteiger partial charge in [-0.25, -0.2) is 9.18 Å². The second kappa shape index (κ2) is 4.17. The molecular weight excluding hydrogens is 193 g/mol. The molecule has 68 valence electrons. The maximum atomic E-state index is 12.6. The Morgan fingerprint density at radius 1 is 1.62 bits per heavy atom. The van der Waals surface area contributed by atoms with E-state index in [2.05, 4.69) is 4.99 Å². The standard InChI is InChI=1S/C9H7ClFNO/c1-6(12-5-13)8-3-2-7(11)4-9(8)10/h2-4,6H,1H3. The van der Waals surface area contributed by atoms with Gasteiger partial charge in [0.1, 0.15) is 5.82 Å². The lowest BCUT2D eigenvalue weighted by atomic mass is 10.1. The van der Waals surface area contributed by atoms with Crippen LogP contribution < -0.4 is 0 Å². The van der Waals surface area contributed by atoms with E-state index in [1.54, 1.807) is 6.92 Å². The first-order valence-corrected chi connectivity index (χ1v) is 4.05. The van der Waals surface area contributed by atoms with Crippen molar-refractivity contribution >= 4 is 17.7 Å². The number of hydrogen-bond acceptors (Lipinski definition) is 2. The highest BCUT2D eigenvalue weighted by Gasteiger charge is 2.08. The molecule has 0 N–H and O–H groups in total. The fourth-order valence-corrected chi connectivity index (χ4v) is 1.31. The van der Waals surface area contributed by atoms with Crippen LogP contribution in [0.25, 0.3) is 0 Å². The molecule has 0 fully saturated rings. The van der Waals surface area contributed by atoms with Crippen LogP contribution in [-0.4, -0.2) is 6.08 Å². The second-order valence-corrected chi connectivity index (χ2v) is 2.97. The number of halogens is 2. The number of benzene rings is 1. The molecule has 0 saturated carbocycles. The van der Waals surface area contributed by atoms with E-state index in [-0.39, 0.29) is 11.1 Å². The molecule has 1 atom stereocenters. The van der Waals surface area contributed by atoms with Gasteiger partial charge in [0.05, 0.1) is 6.04 Å². The third-order valence-electron chi connectivity index (χ3n) is 1.66. The summed E-state index contributed by atoms with van der Waals surface area (Å²) in [5.74, 6) is -0.406. The summed E-state index contributed by atoms with van der Waals surface area (Å²) in [5.41, 5.74) is 0.617. The van der Waals surface area contributed by atoms with Crippen LogP contribution in [-0.2, 0) is 4.79 Å². The van der Waals surface area contributed by atoms with E-state index >= 15 is 0 Å². The normalized spacial score (nSPS) is 11.9. The Kier molecular flexibility index (Phi) is 3.18. The third kappa shape index (κ3) is 2.38. The van der Waals surface area contributed by atoms with Gasteiger partial charge in [-0.05, 0) is 24.6 Å². The van der Waals surface area contributed by atoms with Gasteiger partial charge in [-0.1, -0.05) is 17.7 Å². The van der Waals surface area contributed by atoms with E-state index in [9.17, 15) is 9.18 Å². The molecule has 1 aromatic rings. The van der Waals surface area contributed by atoms with Crippen LogP contribution in [0.3, 0.4) is 0 Å². The largest absolute Gasteiger partial charge is 0.235 e. The molecule has 1 rings (SSSR count). The average molecular weight is 200 g/mol. The van der Waals surface area contributed by atoms with Gasteiger partial charge in [0.15, 0.2) is 0 Å². The Morgan fingerprint density at radius 3 is 2.85 bits per heavy atom. The van der Waals surface area contributed by atoms with Gasteiger partial charge < -0.3 is 0 Å². The fourth-order valence-electron chi connectivity index (χ4n) is 0.989. The quantitative estimate of drug-likeness (QED) is 0.532. The third-order valence-corrected chi connectivity index (χ3v) is 1.99. The summed E-state index contributed by atoms with van der Waals surface area (Å²) in [4.78, 5) is 13.4. The minimum absolute atomic E-state index is 0.270. The summed E-state index contributed by atoms with van der Waals surface area (Å²) in [6.07, 6.45) is 1.43. The van der Waals surface area contributed by atoms with Crippen molar-refractivity contribution in [1.82, 2.24) is 0 Å². The van der Waals surface area contributed by atoms with Crippen molar-refractivity contribution < 1.29 is 9.18 Å². The zero-order valence-corrected chi connectivity index (χ0v) is 7.68. The number of carbonyl (C=O) groups excluding carboxylic acids is 1. The minimum atomic E-state index is -0.406.